The molecule has 0 aromatic heterocycles. The lowest BCUT2D eigenvalue weighted by Gasteiger charge is -2.23. The Morgan fingerprint density at radius 1 is 1.37 bits per heavy atom. The number of ether oxygens (including phenoxy) is 1. The Balaban J connectivity index is 1.77. The zero-order valence-electron chi connectivity index (χ0n) is 11.4. The molecule has 1 atom stereocenters. The van der Waals surface area contributed by atoms with Crippen LogP contribution >= 0.6 is 0 Å². The van der Waals surface area contributed by atoms with Gasteiger partial charge in [0.05, 0.1) is 12.1 Å². The van der Waals surface area contributed by atoms with Crippen molar-refractivity contribution >= 4 is 5.91 Å². The van der Waals surface area contributed by atoms with E-state index in [4.69, 9.17) is 10.5 Å². The monoisotopic (exact) mass is 262 g/mol. The maximum absolute atomic E-state index is 12.0. The lowest BCUT2D eigenvalue weighted by molar-refractivity contribution is -0.126. The second-order valence-corrected chi connectivity index (χ2v) is 5.31. The summed E-state index contributed by atoms with van der Waals surface area (Å²) >= 11 is 0. The van der Waals surface area contributed by atoms with Crippen LogP contribution in [-0.2, 0) is 4.79 Å². The molecule has 1 amide bonds. The van der Waals surface area contributed by atoms with Crippen molar-refractivity contribution in [3.05, 3.63) is 30.3 Å². The van der Waals surface area contributed by atoms with Crippen LogP contribution in [-0.4, -0.2) is 24.1 Å². The Kier molecular flexibility index (Phi) is 4.43. The number of hydrogen-bond acceptors (Lipinski definition) is 3. The third-order valence-corrected chi connectivity index (χ3v) is 3.58. The smallest absolute Gasteiger partial charge is 0.240 e. The number of rotatable bonds is 5. The number of benzene rings is 1. The Morgan fingerprint density at radius 2 is 2.00 bits per heavy atom. The summed E-state index contributed by atoms with van der Waals surface area (Å²) < 4.78 is 5.70. The molecule has 0 spiro atoms. The van der Waals surface area contributed by atoms with Gasteiger partial charge in [0.15, 0.2) is 0 Å². The number of hydrogen-bond donors (Lipinski definition) is 2. The van der Waals surface area contributed by atoms with Gasteiger partial charge >= 0.3 is 0 Å². The van der Waals surface area contributed by atoms with Crippen molar-refractivity contribution < 1.29 is 9.53 Å². The number of nitrogens with one attached hydrogen (secondary N) is 1. The summed E-state index contributed by atoms with van der Waals surface area (Å²) in [6, 6.07) is 9.60. The molecule has 1 unspecified atom stereocenters. The number of para-hydroxylation sites is 1. The molecule has 0 heterocycles. The quantitative estimate of drug-likeness (QED) is 0.851. The normalized spacial score (nSPS) is 18.8. The van der Waals surface area contributed by atoms with Gasteiger partial charge in [-0.25, -0.2) is 0 Å². The summed E-state index contributed by atoms with van der Waals surface area (Å²) in [7, 11) is 0. The average Bonchev–Trinajstić information content (AvgIpc) is 2.85. The van der Waals surface area contributed by atoms with E-state index in [1.165, 1.54) is 0 Å². The van der Waals surface area contributed by atoms with Gasteiger partial charge in [-0.05, 0) is 31.9 Å². The van der Waals surface area contributed by atoms with Crippen LogP contribution in [0.3, 0.4) is 0 Å². The first kappa shape index (κ1) is 13.9. The summed E-state index contributed by atoms with van der Waals surface area (Å²) in [5.41, 5.74) is 5.43. The van der Waals surface area contributed by atoms with Crippen molar-refractivity contribution in [3.8, 4) is 5.75 Å². The summed E-state index contributed by atoms with van der Waals surface area (Å²) in [6.07, 6.45) is 3.58. The summed E-state index contributed by atoms with van der Waals surface area (Å²) in [4.78, 5) is 12.0. The van der Waals surface area contributed by atoms with Crippen molar-refractivity contribution in [2.24, 2.45) is 5.73 Å². The highest BCUT2D eigenvalue weighted by Crippen LogP contribution is 2.27. The standard InChI is InChI=1S/C15H22N2O2/c1-12(19-13-7-3-2-4-8-13)11-17-14(18)15(16)9-5-6-10-15/h2-4,7-8,12H,5-6,9-11,16H2,1H3,(H,17,18). The topological polar surface area (TPSA) is 64.4 Å². The van der Waals surface area contributed by atoms with Crippen molar-refractivity contribution in [1.82, 2.24) is 5.32 Å². The van der Waals surface area contributed by atoms with E-state index in [0.717, 1.165) is 31.4 Å². The van der Waals surface area contributed by atoms with Gasteiger partial charge < -0.3 is 15.8 Å². The minimum absolute atomic E-state index is 0.0477. The van der Waals surface area contributed by atoms with Crippen molar-refractivity contribution in [3.63, 3.8) is 0 Å². The van der Waals surface area contributed by atoms with Crippen molar-refractivity contribution in [2.45, 2.75) is 44.2 Å². The zero-order valence-corrected chi connectivity index (χ0v) is 11.4. The van der Waals surface area contributed by atoms with E-state index >= 15 is 0 Å². The third kappa shape index (κ3) is 3.70. The molecule has 1 aliphatic carbocycles. The van der Waals surface area contributed by atoms with Crippen LogP contribution in [0, 0.1) is 0 Å². The molecule has 1 aliphatic rings. The first-order chi connectivity index (χ1) is 9.10. The minimum atomic E-state index is -0.660. The molecule has 19 heavy (non-hydrogen) atoms. The molecular formula is C15H22N2O2. The fourth-order valence-electron chi connectivity index (χ4n) is 2.42. The molecule has 1 saturated carbocycles. The van der Waals surface area contributed by atoms with Crippen LogP contribution in [0.15, 0.2) is 30.3 Å². The molecule has 1 aromatic rings. The molecular weight excluding hydrogens is 240 g/mol. The molecule has 4 heteroatoms. The van der Waals surface area contributed by atoms with Gasteiger partial charge in [-0.1, -0.05) is 31.0 Å². The predicted octanol–water partition coefficient (Wildman–Crippen LogP) is 1.84. The van der Waals surface area contributed by atoms with Crippen LogP contribution in [0.5, 0.6) is 5.75 Å². The third-order valence-electron chi connectivity index (χ3n) is 3.58. The van der Waals surface area contributed by atoms with E-state index in [1.54, 1.807) is 0 Å². The first-order valence-electron chi connectivity index (χ1n) is 6.89. The molecule has 0 bridgehead atoms. The number of amides is 1. The Labute approximate surface area is 114 Å². The van der Waals surface area contributed by atoms with Crippen LogP contribution in [0.1, 0.15) is 32.6 Å². The predicted molar refractivity (Wildman–Crippen MR) is 74.9 cm³/mol. The van der Waals surface area contributed by atoms with Crippen LogP contribution in [0.4, 0.5) is 0 Å². The summed E-state index contributed by atoms with van der Waals surface area (Å²) in [5, 5.41) is 2.90. The Hall–Kier alpha value is -1.55. The van der Waals surface area contributed by atoms with E-state index in [1.807, 2.05) is 37.3 Å². The first-order valence-corrected chi connectivity index (χ1v) is 6.89. The number of nitrogens with two attached hydrogens (primary N) is 1. The van der Waals surface area contributed by atoms with Gasteiger partial charge in [-0.3, -0.25) is 4.79 Å². The molecule has 2 rings (SSSR count). The Bertz CT molecular complexity index is 413. The molecule has 0 aliphatic heterocycles. The molecule has 104 valence electrons. The highest BCUT2D eigenvalue weighted by molar-refractivity contribution is 5.86. The van der Waals surface area contributed by atoms with Gasteiger partial charge in [0.1, 0.15) is 11.9 Å². The van der Waals surface area contributed by atoms with Crippen molar-refractivity contribution in [1.29, 1.82) is 0 Å². The molecule has 1 aromatic carbocycles. The van der Waals surface area contributed by atoms with E-state index in [0.29, 0.717) is 6.54 Å². The highest BCUT2D eigenvalue weighted by Gasteiger charge is 2.36. The molecule has 1 fully saturated rings. The van der Waals surface area contributed by atoms with Crippen molar-refractivity contribution in [2.75, 3.05) is 6.54 Å². The summed E-state index contributed by atoms with van der Waals surface area (Å²) in [5.74, 6) is 0.765. The highest BCUT2D eigenvalue weighted by atomic mass is 16.5. The van der Waals surface area contributed by atoms with Crippen LogP contribution in [0.2, 0.25) is 0 Å². The maximum atomic E-state index is 12.0. The fraction of sp³-hybridized carbons (Fsp3) is 0.533. The van der Waals surface area contributed by atoms with E-state index in [2.05, 4.69) is 5.32 Å². The lowest BCUT2D eigenvalue weighted by Crippen LogP contribution is -2.53. The van der Waals surface area contributed by atoms with Gasteiger partial charge in [-0.2, -0.15) is 0 Å². The Morgan fingerprint density at radius 3 is 2.63 bits per heavy atom. The van der Waals surface area contributed by atoms with Crippen LogP contribution < -0.4 is 15.8 Å². The second kappa shape index (κ2) is 6.06. The molecule has 4 nitrogen and oxygen atoms in total. The second-order valence-electron chi connectivity index (χ2n) is 5.31. The molecule has 0 radical (unpaired) electrons. The molecule has 0 saturated heterocycles. The van der Waals surface area contributed by atoms with Gasteiger partial charge in [0.2, 0.25) is 5.91 Å². The van der Waals surface area contributed by atoms with E-state index in [9.17, 15) is 4.79 Å². The van der Waals surface area contributed by atoms with Gasteiger partial charge in [-0.15, -0.1) is 0 Å². The zero-order chi connectivity index (χ0) is 13.7. The van der Waals surface area contributed by atoms with E-state index < -0.39 is 5.54 Å². The van der Waals surface area contributed by atoms with E-state index in [-0.39, 0.29) is 12.0 Å². The fourth-order valence-corrected chi connectivity index (χ4v) is 2.42. The van der Waals surface area contributed by atoms with Gasteiger partial charge in [0.25, 0.3) is 0 Å². The number of carbonyl (C=O) groups is 1. The average molecular weight is 262 g/mol. The molecule has 3 N–H and O–H groups in total. The largest absolute Gasteiger partial charge is 0.489 e. The SMILES string of the molecule is CC(CNC(=O)C1(N)CCCC1)Oc1ccccc1. The lowest BCUT2D eigenvalue weighted by atomic mass is 9.98. The van der Waals surface area contributed by atoms with Crippen LogP contribution in [0.25, 0.3) is 0 Å². The van der Waals surface area contributed by atoms with Gasteiger partial charge in [0, 0.05) is 0 Å². The number of carbonyl (C=O) groups excluding carboxylic acids is 1. The summed E-state index contributed by atoms with van der Waals surface area (Å²) in [6.45, 7) is 2.41. The maximum Gasteiger partial charge on any atom is 0.240 e. The minimum Gasteiger partial charge on any atom is -0.489 e.